The molecule has 0 aliphatic carbocycles. The first-order valence-corrected chi connectivity index (χ1v) is 7.13. The van der Waals surface area contributed by atoms with Crippen molar-refractivity contribution in [2.24, 2.45) is 0 Å². The van der Waals surface area contributed by atoms with Crippen LogP contribution in [0.1, 0.15) is 15.9 Å². The van der Waals surface area contributed by atoms with Gasteiger partial charge in [-0.05, 0) is 17.7 Å². The van der Waals surface area contributed by atoms with Gasteiger partial charge in [0.15, 0.2) is 0 Å². The Kier molecular flexibility index (Phi) is 5.70. The van der Waals surface area contributed by atoms with Crippen LogP contribution in [0.2, 0.25) is 0 Å². The van der Waals surface area contributed by atoms with Gasteiger partial charge in [-0.15, -0.1) is 0 Å². The molecule has 6 nitrogen and oxygen atoms in total. The van der Waals surface area contributed by atoms with Crippen LogP contribution in [0.25, 0.3) is 0 Å². The van der Waals surface area contributed by atoms with Gasteiger partial charge in [-0.25, -0.2) is 4.79 Å². The van der Waals surface area contributed by atoms with Crippen molar-refractivity contribution in [2.45, 2.75) is 6.54 Å². The molecule has 0 bridgehead atoms. The molecule has 0 aromatic heterocycles. The number of carbonyl (C=O) groups excluding carboxylic acids is 1. The summed E-state index contributed by atoms with van der Waals surface area (Å²) in [5.41, 5.74) is 1.11. The van der Waals surface area contributed by atoms with Crippen molar-refractivity contribution in [3.63, 3.8) is 0 Å². The van der Waals surface area contributed by atoms with E-state index in [1.165, 1.54) is 12.3 Å². The van der Waals surface area contributed by atoms with Crippen molar-refractivity contribution < 1.29 is 14.7 Å². The number of anilines is 1. The van der Waals surface area contributed by atoms with E-state index in [-0.39, 0.29) is 11.1 Å². The SMILES string of the molecule is N#CC(=CNc1ccccc1C(=O)O)C(=O)NCc1ccccc1. The Morgan fingerprint density at radius 1 is 1.08 bits per heavy atom. The normalized spacial score (nSPS) is 10.5. The molecule has 2 rings (SSSR count). The average Bonchev–Trinajstić information content (AvgIpc) is 2.61. The summed E-state index contributed by atoms with van der Waals surface area (Å²) < 4.78 is 0. The van der Waals surface area contributed by atoms with E-state index in [1.807, 2.05) is 30.3 Å². The second-order valence-electron chi connectivity index (χ2n) is 4.83. The molecule has 0 radical (unpaired) electrons. The molecule has 2 aromatic rings. The van der Waals surface area contributed by atoms with Gasteiger partial charge in [0.2, 0.25) is 0 Å². The van der Waals surface area contributed by atoms with Crippen LogP contribution >= 0.6 is 0 Å². The van der Waals surface area contributed by atoms with E-state index in [0.717, 1.165) is 5.56 Å². The Morgan fingerprint density at radius 2 is 1.75 bits per heavy atom. The Balaban J connectivity index is 2.05. The minimum absolute atomic E-state index is 0.0516. The molecule has 1 amide bonds. The lowest BCUT2D eigenvalue weighted by atomic mass is 10.2. The fourth-order valence-electron chi connectivity index (χ4n) is 1.97. The van der Waals surface area contributed by atoms with Crippen molar-refractivity contribution >= 4 is 17.6 Å². The molecule has 120 valence electrons. The Morgan fingerprint density at radius 3 is 2.42 bits per heavy atom. The van der Waals surface area contributed by atoms with Gasteiger partial charge in [0, 0.05) is 12.7 Å². The van der Waals surface area contributed by atoms with Crippen molar-refractivity contribution in [1.82, 2.24) is 5.32 Å². The van der Waals surface area contributed by atoms with E-state index in [1.54, 1.807) is 24.3 Å². The van der Waals surface area contributed by atoms with E-state index < -0.39 is 11.9 Å². The third kappa shape index (κ3) is 4.45. The third-order valence-corrected chi connectivity index (χ3v) is 3.19. The van der Waals surface area contributed by atoms with Crippen molar-refractivity contribution in [3.05, 3.63) is 77.5 Å². The summed E-state index contributed by atoms with van der Waals surface area (Å²) in [6, 6.07) is 17.3. The minimum atomic E-state index is -1.10. The molecule has 0 fully saturated rings. The molecule has 0 spiro atoms. The zero-order chi connectivity index (χ0) is 17.4. The molecule has 0 heterocycles. The van der Waals surface area contributed by atoms with E-state index in [2.05, 4.69) is 10.6 Å². The maximum Gasteiger partial charge on any atom is 0.337 e. The van der Waals surface area contributed by atoms with Crippen LogP contribution < -0.4 is 10.6 Å². The summed E-state index contributed by atoms with van der Waals surface area (Å²) in [4.78, 5) is 23.2. The molecule has 0 unspecified atom stereocenters. The van der Waals surface area contributed by atoms with Gasteiger partial charge in [-0.3, -0.25) is 4.79 Å². The number of aromatic carboxylic acids is 1. The first-order valence-electron chi connectivity index (χ1n) is 7.13. The number of hydrogen-bond donors (Lipinski definition) is 3. The second kappa shape index (κ2) is 8.15. The summed E-state index contributed by atoms with van der Waals surface area (Å²) in [5, 5.41) is 23.6. The van der Waals surface area contributed by atoms with Crippen molar-refractivity contribution in [3.8, 4) is 6.07 Å². The van der Waals surface area contributed by atoms with Crippen LogP contribution in [-0.2, 0) is 11.3 Å². The highest BCUT2D eigenvalue weighted by Crippen LogP contribution is 2.15. The van der Waals surface area contributed by atoms with Crippen LogP contribution in [0.3, 0.4) is 0 Å². The Labute approximate surface area is 139 Å². The van der Waals surface area contributed by atoms with Gasteiger partial charge in [0.05, 0.1) is 11.3 Å². The first-order chi connectivity index (χ1) is 11.6. The highest BCUT2D eigenvalue weighted by molar-refractivity contribution is 5.98. The number of carbonyl (C=O) groups is 2. The lowest BCUT2D eigenvalue weighted by Gasteiger charge is -2.07. The number of amides is 1. The number of nitriles is 1. The molecule has 2 aromatic carbocycles. The average molecular weight is 321 g/mol. The quantitative estimate of drug-likeness (QED) is 0.560. The maximum atomic E-state index is 12.0. The number of nitrogens with one attached hydrogen (secondary N) is 2. The molecule has 6 heteroatoms. The molecule has 0 aliphatic rings. The molecule has 0 saturated carbocycles. The minimum Gasteiger partial charge on any atom is -0.478 e. The largest absolute Gasteiger partial charge is 0.478 e. The predicted molar refractivity (Wildman–Crippen MR) is 89.0 cm³/mol. The van der Waals surface area contributed by atoms with Crippen molar-refractivity contribution in [2.75, 3.05) is 5.32 Å². The van der Waals surface area contributed by atoms with Crippen molar-refractivity contribution in [1.29, 1.82) is 5.26 Å². The van der Waals surface area contributed by atoms with Crippen LogP contribution in [0.4, 0.5) is 5.69 Å². The van der Waals surface area contributed by atoms with E-state index in [0.29, 0.717) is 12.2 Å². The Hall–Kier alpha value is -3.59. The van der Waals surface area contributed by atoms with Crippen LogP contribution in [0, 0.1) is 11.3 Å². The highest BCUT2D eigenvalue weighted by Gasteiger charge is 2.11. The third-order valence-electron chi connectivity index (χ3n) is 3.19. The molecule has 0 atom stereocenters. The molecule has 24 heavy (non-hydrogen) atoms. The number of rotatable bonds is 6. The smallest absolute Gasteiger partial charge is 0.337 e. The van der Waals surface area contributed by atoms with Gasteiger partial charge in [0.1, 0.15) is 11.6 Å². The highest BCUT2D eigenvalue weighted by atomic mass is 16.4. The number of carboxylic acids is 1. The van der Waals surface area contributed by atoms with Gasteiger partial charge in [-0.2, -0.15) is 5.26 Å². The van der Waals surface area contributed by atoms with Gasteiger partial charge < -0.3 is 15.7 Å². The summed E-state index contributed by atoms with van der Waals surface area (Å²) in [6.45, 7) is 0.296. The fraction of sp³-hybridized carbons (Fsp3) is 0.0556. The second-order valence-corrected chi connectivity index (χ2v) is 4.83. The summed E-state index contributed by atoms with van der Waals surface area (Å²) >= 11 is 0. The zero-order valence-electron chi connectivity index (χ0n) is 12.7. The molecule has 3 N–H and O–H groups in total. The maximum absolute atomic E-state index is 12.0. The number of carboxylic acid groups (broad SMARTS) is 1. The molecule has 0 saturated heterocycles. The topological polar surface area (TPSA) is 102 Å². The van der Waals surface area contributed by atoms with E-state index in [4.69, 9.17) is 10.4 Å². The van der Waals surface area contributed by atoms with E-state index in [9.17, 15) is 9.59 Å². The Bertz CT molecular complexity index is 808. The lowest BCUT2D eigenvalue weighted by molar-refractivity contribution is -0.117. The first kappa shape index (κ1) is 16.8. The summed E-state index contributed by atoms with van der Waals surface area (Å²) in [5.74, 6) is -1.64. The predicted octanol–water partition coefficient (Wildman–Crippen LogP) is 2.52. The zero-order valence-corrected chi connectivity index (χ0v) is 12.7. The number of nitrogens with zero attached hydrogens (tertiary/aromatic N) is 1. The molecular weight excluding hydrogens is 306 g/mol. The van der Waals surface area contributed by atoms with Crippen LogP contribution in [0.5, 0.6) is 0 Å². The number of hydrogen-bond acceptors (Lipinski definition) is 4. The fourth-order valence-corrected chi connectivity index (χ4v) is 1.97. The number of para-hydroxylation sites is 1. The molecule has 0 aliphatic heterocycles. The van der Waals surface area contributed by atoms with Gasteiger partial charge in [0.25, 0.3) is 5.91 Å². The summed E-state index contributed by atoms with van der Waals surface area (Å²) in [7, 11) is 0. The number of benzene rings is 2. The summed E-state index contributed by atoms with van der Waals surface area (Å²) in [6.07, 6.45) is 1.20. The van der Waals surface area contributed by atoms with Gasteiger partial charge >= 0.3 is 5.97 Å². The monoisotopic (exact) mass is 321 g/mol. The van der Waals surface area contributed by atoms with Gasteiger partial charge in [-0.1, -0.05) is 42.5 Å². The molecular formula is C18H15N3O3. The van der Waals surface area contributed by atoms with Crippen LogP contribution in [-0.4, -0.2) is 17.0 Å². The van der Waals surface area contributed by atoms with E-state index >= 15 is 0 Å². The lowest BCUT2D eigenvalue weighted by Crippen LogP contribution is -2.24. The standard InChI is InChI=1S/C18H15N3O3/c19-10-14(17(22)21-11-13-6-2-1-3-7-13)12-20-16-9-5-4-8-15(16)18(23)24/h1-9,12,20H,11H2,(H,21,22)(H,23,24). The van der Waals surface area contributed by atoms with Crippen LogP contribution in [0.15, 0.2) is 66.4 Å².